The van der Waals surface area contributed by atoms with E-state index in [0.717, 1.165) is 34.1 Å². The molecule has 0 unspecified atom stereocenters. The Labute approximate surface area is 216 Å². The van der Waals surface area contributed by atoms with Gasteiger partial charge >= 0.3 is 6.03 Å². The smallest absolute Gasteiger partial charge is 0.319 e. The van der Waals surface area contributed by atoms with Crippen LogP contribution in [0.15, 0.2) is 48.5 Å². The molecule has 0 atom stereocenters. The molecule has 0 bridgehead atoms. The van der Waals surface area contributed by atoms with Gasteiger partial charge in [0.05, 0.1) is 5.56 Å². The summed E-state index contributed by atoms with van der Waals surface area (Å²) in [6.45, 7) is 8.98. The third-order valence-corrected chi connectivity index (χ3v) is 7.90. The van der Waals surface area contributed by atoms with E-state index in [1.165, 1.54) is 11.3 Å². The van der Waals surface area contributed by atoms with E-state index in [0.29, 0.717) is 49.2 Å². The van der Waals surface area contributed by atoms with Crippen molar-refractivity contribution in [2.45, 2.75) is 39.5 Å². The summed E-state index contributed by atoms with van der Waals surface area (Å²) in [6, 6.07) is 15.4. The van der Waals surface area contributed by atoms with Crippen LogP contribution in [0.1, 0.15) is 65.8 Å². The fourth-order valence-corrected chi connectivity index (χ4v) is 5.94. The van der Waals surface area contributed by atoms with Gasteiger partial charge in [0.25, 0.3) is 11.8 Å². The van der Waals surface area contributed by atoms with E-state index in [1.54, 1.807) is 0 Å². The van der Waals surface area contributed by atoms with E-state index < -0.39 is 0 Å². The molecule has 7 nitrogen and oxygen atoms in total. The molecule has 1 fully saturated rings. The number of anilines is 1. The highest BCUT2D eigenvalue weighted by Gasteiger charge is 2.29. The Bertz CT molecular complexity index is 1240. The Kier molecular flexibility index (Phi) is 8.25. The predicted molar refractivity (Wildman–Crippen MR) is 146 cm³/mol. The average molecular weight is 507 g/mol. The van der Waals surface area contributed by atoms with Crippen LogP contribution in [0.3, 0.4) is 0 Å². The Morgan fingerprint density at radius 3 is 2.42 bits per heavy atom. The maximum absolute atomic E-state index is 13.7. The first-order valence-electron chi connectivity index (χ1n) is 12.7. The van der Waals surface area contributed by atoms with Gasteiger partial charge in [0.15, 0.2) is 0 Å². The number of thiophene rings is 1. The number of fused-ring (bicyclic) bond motifs is 1. The Morgan fingerprint density at radius 1 is 1.00 bits per heavy atom. The molecule has 190 valence electrons. The Balaban J connectivity index is 1.50. The lowest BCUT2D eigenvalue weighted by Gasteiger charge is -2.32. The van der Waals surface area contributed by atoms with Crippen LogP contribution in [-0.2, 0) is 0 Å². The molecule has 0 aliphatic carbocycles. The van der Waals surface area contributed by atoms with Gasteiger partial charge in [0, 0.05) is 48.4 Å². The summed E-state index contributed by atoms with van der Waals surface area (Å²) < 4.78 is 0.970. The highest BCUT2D eigenvalue weighted by atomic mass is 32.1. The summed E-state index contributed by atoms with van der Waals surface area (Å²) in [7, 11) is 0. The van der Waals surface area contributed by atoms with Crippen molar-refractivity contribution in [1.82, 2.24) is 15.1 Å². The van der Waals surface area contributed by atoms with Gasteiger partial charge in [-0.3, -0.25) is 14.9 Å². The van der Waals surface area contributed by atoms with Crippen LogP contribution in [0, 0.1) is 0 Å². The highest BCUT2D eigenvalue weighted by molar-refractivity contribution is 7.23. The molecule has 1 aliphatic heterocycles. The molecule has 8 heteroatoms. The van der Waals surface area contributed by atoms with Gasteiger partial charge in [0.1, 0.15) is 5.00 Å². The number of rotatable bonds is 7. The van der Waals surface area contributed by atoms with Crippen molar-refractivity contribution in [3.8, 4) is 0 Å². The van der Waals surface area contributed by atoms with Crippen LogP contribution in [0.2, 0.25) is 0 Å². The van der Waals surface area contributed by atoms with Gasteiger partial charge in [-0.2, -0.15) is 0 Å². The van der Waals surface area contributed by atoms with E-state index >= 15 is 0 Å². The molecule has 0 spiro atoms. The third-order valence-electron chi connectivity index (χ3n) is 6.81. The highest BCUT2D eigenvalue weighted by Crippen LogP contribution is 2.38. The van der Waals surface area contributed by atoms with Gasteiger partial charge in [0.2, 0.25) is 0 Å². The molecule has 4 rings (SSSR count). The molecule has 0 saturated carbocycles. The number of urea groups is 1. The summed E-state index contributed by atoms with van der Waals surface area (Å²) >= 11 is 1.42. The summed E-state index contributed by atoms with van der Waals surface area (Å²) in [5, 5.41) is 7.06. The lowest BCUT2D eigenvalue weighted by atomic mass is 9.88. The van der Waals surface area contributed by atoms with Crippen LogP contribution in [0.25, 0.3) is 10.1 Å². The fourth-order valence-electron chi connectivity index (χ4n) is 4.85. The van der Waals surface area contributed by atoms with Crippen molar-refractivity contribution in [3.63, 3.8) is 0 Å². The van der Waals surface area contributed by atoms with Crippen molar-refractivity contribution in [2.24, 2.45) is 0 Å². The Morgan fingerprint density at radius 2 is 1.72 bits per heavy atom. The van der Waals surface area contributed by atoms with Gasteiger partial charge in [-0.15, -0.1) is 11.3 Å². The topological polar surface area (TPSA) is 81.8 Å². The number of benzene rings is 2. The first-order valence-corrected chi connectivity index (χ1v) is 13.5. The van der Waals surface area contributed by atoms with Gasteiger partial charge in [-0.25, -0.2) is 4.79 Å². The van der Waals surface area contributed by atoms with E-state index in [4.69, 9.17) is 0 Å². The molecule has 2 heterocycles. The number of carbonyl (C=O) groups is 3. The maximum atomic E-state index is 13.7. The van der Waals surface area contributed by atoms with Crippen molar-refractivity contribution < 1.29 is 14.4 Å². The molecule has 1 saturated heterocycles. The predicted octanol–water partition coefficient (Wildman–Crippen LogP) is 5.54. The van der Waals surface area contributed by atoms with E-state index in [9.17, 15) is 14.4 Å². The normalized spacial score (nSPS) is 14.0. The zero-order valence-corrected chi connectivity index (χ0v) is 22.0. The average Bonchev–Trinajstić information content (AvgIpc) is 3.26. The van der Waals surface area contributed by atoms with Gasteiger partial charge in [-0.1, -0.05) is 30.3 Å². The number of piperidine rings is 1. The fraction of sp³-hybridized carbons (Fsp3) is 0.393. The van der Waals surface area contributed by atoms with Gasteiger partial charge < -0.3 is 15.1 Å². The van der Waals surface area contributed by atoms with Crippen molar-refractivity contribution in [2.75, 3.05) is 38.0 Å². The van der Waals surface area contributed by atoms with Crippen molar-refractivity contribution in [1.29, 1.82) is 0 Å². The number of likely N-dealkylation sites (tertiary alicyclic amines) is 1. The van der Waals surface area contributed by atoms with Gasteiger partial charge in [-0.05, 0) is 63.3 Å². The number of hydrogen-bond donors (Lipinski definition) is 2. The summed E-state index contributed by atoms with van der Waals surface area (Å²) in [5.74, 6) is 0.305. The number of carbonyl (C=O) groups excluding carboxylic acids is 3. The van der Waals surface area contributed by atoms with Crippen molar-refractivity contribution >= 4 is 44.3 Å². The maximum Gasteiger partial charge on any atom is 0.319 e. The van der Waals surface area contributed by atoms with E-state index in [2.05, 4.69) is 16.7 Å². The SMILES string of the molecule is CCNC(=O)Nc1sc2ccccc2c1C(=O)N1CCC(c2cccc(C(=O)N(CC)CC)c2)CC1. The zero-order valence-electron chi connectivity index (χ0n) is 21.2. The lowest BCUT2D eigenvalue weighted by molar-refractivity contribution is 0.0716. The molecule has 4 amide bonds. The van der Waals surface area contributed by atoms with E-state index in [1.807, 2.05) is 73.0 Å². The molecule has 1 aromatic heterocycles. The molecule has 0 radical (unpaired) electrons. The second-order valence-electron chi connectivity index (χ2n) is 8.96. The monoisotopic (exact) mass is 506 g/mol. The number of hydrogen-bond acceptors (Lipinski definition) is 4. The molecule has 2 N–H and O–H groups in total. The number of amides is 4. The molecular formula is C28H34N4O3S. The Hall–Kier alpha value is -3.39. The molecule has 36 heavy (non-hydrogen) atoms. The first kappa shape index (κ1) is 25.7. The summed E-state index contributed by atoms with van der Waals surface area (Å²) in [5.41, 5.74) is 2.44. The quantitative estimate of drug-likeness (QED) is 0.441. The molecule has 1 aliphatic rings. The minimum absolute atomic E-state index is 0.0526. The van der Waals surface area contributed by atoms with Crippen molar-refractivity contribution in [3.05, 3.63) is 65.2 Å². The second kappa shape index (κ2) is 11.6. The lowest BCUT2D eigenvalue weighted by Crippen LogP contribution is -2.38. The largest absolute Gasteiger partial charge is 0.339 e. The van der Waals surface area contributed by atoms with Crippen LogP contribution >= 0.6 is 11.3 Å². The molecule has 3 aromatic rings. The number of nitrogens with one attached hydrogen (secondary N) is 2. The minimum atomic E-state index is -0.309. The first-order chi connectivity index (χ1) is 17.5. The van der Waals surface area contributed by atoms with Crippen LogP contribution in [0.4, 0.5) is 9.80 Å². The summed E-state index contributed by atoms with van der Waals surface area (Å²) in [4.78, 5) is 42.4. The summed E-state index contributed by atoms with van der Waals surface area (Å²) in [6.07, 6.45) is 1.66. The third kappa shape index (κ3) is 5.38. The van der Waals surface area contributed by atoms with E-state index in [-0.39, 0.29) is 17.8 Å². The minimum Gasteiger partial charge on any atom is -0.339 e. The zero-order chi connectivity index (χ0) is 25.7. The van der Waals surface area contributed by atoms with Crippen LogP contribution in [-0.4, -0.2) is 60.4 Å². The standard InChI is InChI=1S/C28H34N4O3S/c1-4-29-28(35)30-25-24(22-12-7-8-13-23(22)36-25)27(34)32-16-14-19(15-17-32)20-10-9-11-21(18-20)26(33)31(5-2)6-3/h7-13,18-19H,4-6,14-17H2,1-3H3,(H2,29,30,35). The van der Waals surface area contributed by atoms with Crippen LogP contribution < -0.4 is 10.6 Å². The number of nitrogens with zero attached hydrogens (tertiary/aromatic N) is 2. The molecule has 2 aromatic carbocycles. The molecular weight excluding hydrogens is 472 g/mol. The van der Waals surface area contributed by atoms with Crippen LogP contribution in [0.5, 0.6) is 0 Å². The second-order valence-corrected chi connectivity index (χ2v) is 10.0.